The van der Waals surface area contributed by atoms with Gasteiger partial charge >= 0.3 is 5.97 Å². The summed E-state index contributed by atoms with van der Waals surface area (Å²) < 4.78 is 0. The van der Waals surface area contributed by atoms with E-state index in [0.717, 1.165) is 25.8 Å². The van der Waals surface area contributed by atoms with E-state index in [0.29, 0.717) is 12.3 Å². The molecule has 2 aliphatic carbocycles. The van der Waals surface area contributed by atoms with Crippen LogP contribution in [0.15, 0.2) is 0 Å². The van der Waals surface area contributed by atoms with Gasteiger partial charge in [0.15, 0.2) is 0 Å². The average molecular weight is 267 g/mol. The monoisotopic (exact) mass is 267 g/mol. The molecule has 19 heavy (non-hydrogen) atoms. The lowest BCUT2D eigenvalue weighted by atomic mass is 9.80. The van der Waals surface area contributed by atoms with Crippen LogP contribution in [-0.2, 0) is 9.59 Å². The zero-order chi connectivity index (χ0) is 13.8. The number of hydrogen-bond donors (Lipinski definition) is 1. The topological polar surface area (TPSA) is 57.6 Å². The third-order valence-electron chi connectivity index (χ3n) is 4.76. The summed E-state index contributed by atoms with van der Waals surface area (Å²) in [6, 6.07) is 0. The third-order valence-corrected chi connectivity index (χ3v) is 4.76. The van der Waals surface area contributed by atoms with Gasteiger partial charge in [-0.1, -0.05) is 19.3 Å². The lowest BCUT2D eigenvalue weighted by Gasteiger charge is -2.30. The lowest BCUT2D eigenvalue weighted by molar-refractivity contribution is -0.145. The molecular formula is C15H25NO3. The maximum absolute atomic E-state index is 12.4. The Morgan fingerprint density at radius 2 is 1.68 bits per heavy atom. The maximum Gasteiger partial charge on any atom is 0.306 e. The molecule has 0 spiro atoms. The van der Waals surface area contributed by atoms with Crippen molar-refractivity contribution < 1.29 is 14.7 Å². The van der Waals surface area contributed by atoms with E-state index in [2.05, 4.69) is 0 Å². The van der Waals surface area contributed by atoms with Gasteiger partial charge < -0.3 is 10.0 Å². The molecule has 0 saturated heterocycles. The number of hydrogen-bond acceptors (Lipinski definition) is 2. The van der Waals surface area contributed by atoms with Gasteiger partial charge in [-0.3, -0.25) is 9.59 Å². The molecule has 108 valence electrons. The van der Waals surface area contributed by atoms with Gasteiger partial charge in [0, 0.05) is 19.5 Å². The van der Waals surface area contributed by atoms with Gasteiger partial charge in [0.2, 0.25) is 5.91 Å². The van der Waals surface area contributed by atoms with Crippen molar-refractivity contribution in [1.82, 2.24) is 4.90 Å². The predicted octanol–water partition coefficient (Wildman–Crippen LogP) is 2.53. The average Bonchev–Trinajstić information content (AvgIpc) is 2.90. The first-order chi connectivity index (χ1) is 9.08. The molecule has 2 saturated carbocycles. The molecule has 0 bridgehead atoms. The number of carbonyl (C=O) groups excluding carboxylic acids is 1. The van der Waals surface area contributed by atoms with Crippen LogP contribution >= 0.6 is 0 Å². The van der Waals surface area contributed by atoms with Crippen molar-refractivity contribution in [2.75, 3.05) is 13.6 Å². The van der Waals surface area contributed by atoms with Gasteiger partial charge in [-0.25, -0.2) is 0 Å². The van der Waals surface area contributed by atoms with Crippen molar-refractivity contribution in [3.8, 4) is 0 Å². The van der Waals surface area contributed by atoms with Crippen molar-refractivity contribution in [2.24, 2.45) is 17.8 Å². The van der Waals surface area contributed by atoms with E-state index in [9.17, 15) is 9.59 Å². The smallest absolute Gasteiger partial charge is 0.306 e. The molecule has 2 fully saturated rings. The molecule has 1 N–H and O–H groups in total. The van der Waals surface area contributed by atoms with Gasteiger partial charge in [-0.2, -0.15) is 0 Å². The van der Waals surface area contributed by atoms with Crippen molar-refractivity contribution in [1.29, 1.82) is 0 Å². The molecule has 2 unspecified atom stereocenters. The summed E-state index contributed by atoms with van der Waals surface area (Å²) >= 11 is 0. The summed E-state index contributed by atoms with van der Waals surface area (Å²) in [7, 11) is 1.88. The molecule has 0 aromatic heterocycles. The number of carboxylic acids is 1. The Morgan fingerprint density at radius 3 is 2.32 bits per heavy atom. The lowest BCUT2D eigenvalue weighted by Crippen LogP contribution is -2.38. The number of rotatable bonds is 4. The summed E-state index contributed by atoms with van der Waals surface area (Å²) in [5.41, 5.74) is 0. The molecule has 0 radical (unpaired) electrons. The van der Waals surface area contributed by atoms with Gasteiger partial charge in [-0.15, -0.1) is 0 Å². The zero-order valence-corrected chi connectivity index (χ0v) is 11.8. The van der Waals surface area contributed by atoms with E-state index in [-0.39, 0.29) is 17.7 Å². The SMILES string of the molecule is CN(CC1CCCC1)C(=O)C1CCCC(C(=O)O)C1. The maximum atomic E-state index is 12.4. The molecule has 0 aromatic carbocycles. The van der Waals surface area contributed by atoms with Crippen LogP contribution in [0, 0.1) is 17.8 Å². The zero-order valence-electron chi connectivity index (χ0n) is 11.8. The normalized spacial score (nSPS) is 28.3. The predicted molar refractivity (Wildman–Crippen MR) is 72.7 cm³/mol. The van der Waals surface area contributed by atoms with E-state index in [1.54, 1.807) is 0 Å². The summed E-state index contributed by atoms with van der Waals surface area (Å²) in [6.45, 7) is 0.854. The van der Waals surface area contributed by atoms with Crippen LogP contribution in [0.3, 0.4) is 0 Å². The van der Waals surface area contributed by atoms with Gasteiger partial charge in [-0.05, 0) is 38.0 Å². The number of aliphatic carboxylic acids is 1. The van der Waals surface area contributed by atoms with Crippen molar-refractivity contribution >= 4 is 11.9 Å². The Balaban J connectivity index is 1.85. The molecular weight excluding hydrogens is 242 g/mol. The van der Waals surface area contributed by atoms with Crippen LogP contribution in [0.4, 0.5) is 0 Å². The van der Waals surface area contributed by atoms with E-state index >= 15 is 0 Å². The van der Waals surface area contributed by atoms with E-state index in [4.69, 9.17) is 5.11 Å². The number of carboxylic acid groups (broad SMARTS) is 1. The van der Waals surface area contributed by atoms with E-state index in [1.165, 1.54) is 25.7 Å². The Morgan fingerprint density at radius 1 is 1.05 bits per heavy atom. The van der Waals surface area contributed by atoms with Crippen molar-refractivity contribution in [3.05, 3.63) is 0 Å². The molecule has 0 aromatic rings. The molecule has 2 atom stereocenters. The van der Waals surface area contributed by atoms with Crippen LogP contribution in [-0.4, -0.2) is 35.5 Å². The Bertz CT molecular complexity index is 336. The first-order valence-corrected chi connectivity index (χ1v) is 7.55. The second kappa shape index (κ2) is 6.40. The number of nitrogens with zero attached hydrogens (tertiary/aromatic N) is 1. The van der Waals surface area contributed by atoms with Crippen LogP contribution in [0.1, 0.15) is 51.4 Å². The Hall–Kier alpha value is -1.06. The summed E-state index contributed by atoms with van der Waals surface area (Å²) in [4.78, 5) is 25.3. The fourth-order valence-corrected chi connectivity index (χ4v) is 3.62. The Labute approximate surface area is 115 Å². The van der Waals surface area contributed by atoms with E-state index < -0.39 is 5.97 Å². The van der Waals surface area contributed by atoms with Gasteiger partial charge in [0.05, 0.1) is 5.92 Å². The first-order valence-electron chi connectivity index (χ1n) is 7.55. The van der Waals surface area contributed by atoms with Gasteiger partial charge in [0.25, 0.3) is 0 Å². The molecule has 2 rings (SSSR count). The highest BCUT2D eigenvalue weighted by atomic mass is 16.4. The number of amides is 1. The number of carbonyl (C=O) groups is 2. The second-order valence-corrected chi connectivity index (χ2v) is 6.27. The van der Waals surface area contributed by atoms with E-state index in [1.807, 2.05) is 11.9 Å². The summed E-state index contributed by atoms with van der Waals surface area (Å²) in [5.74, 6) is -0.301. The highest BCUT2D eigenvalue weighted by Crippen LogP contribution is 2.31. The summed E-state index contributed by atoms with van der Waals surface area (Å²) in [5, 5.41) is 9.08. The van der Waals surface area contributed by atoms with Crippen LogP contribution < -0.4 is 0 Å². The minimum absolute atomic E-state index is 0.0683. The largest absolute Gasteiger partial charge is 0.481 e. The van der Waals surface area contributed by atoms with Gasteiger partial charge in [0.1, 0.15) is 0 Å². The highest BCUT2D eigenvalue weighted by molar-refractivity contribution is 5.80. The highest BCUT2D eigenvalue weighted by Gasteiger charge is 2.33. The minimum Gasteiger partial charge on any atom is -0.481 e. The van der Waals surface area contributed by atoms with Crippen LogP contribution in [0.25, 0.3) is 0 Å². The van der Waals surface area contributed by atoms with Crippen LogP contribution in [0.2, 0.25) is 0 Å². The molecule has 0 aliphatic heterocycles. The quantitative estimate of drug-likeness (QED) is 0.851. The van der Waals surface area contributed by atoms with Crippen LogP contribution in [0.5, 0.6) is 0 Å². The Kier molecular flexibility index (Phi) is 4.83. The molecule has 0 heterocycles. The molecule has 4 heteroatoms. The molecule has 4 nitrogen and oxygen atoms in total. The molecule has 1 amide bonds. The fourth-order valence-electron chi connectivity index (χ4n) is 3.62. The standard InChI is InChI=1S/C15H25NO3/c1-16(10-11-5-2-3-6-11)14(17)12-7-4-8-13(9-12)15(18)19/h11-13H,2-10H2,1H3,(H,18,19). The second-order valence-electron chi connectivity index (χ2n) is 6.27. The minimum atomic E-state index is -0.740. The third kappa shape index (κ3) is 3.71. The fraction of sp³-hybridized carbons (Fsp3) is 0.867. The van der Waals surface area contributed by atoms with Crippen molar-refractivity contribution in [2.45, 2.75) is 51.4 Å². The molecule has 2 aliphatic rings. The first kappa shape index (κ1) is 14.4. The van der Waals surface area contributed by atoms with Crippen molar-refractivity contribution in [3.63, 3.8) is 0 Å². The summed E-state index contributed by atoms with van der Waals surface area (Å²) in [6.07, 6.45) is 8.03.